The highest BCUT2D eigenvalue weighted by molar-refractivity contribution is 6.32. The molecule has 3 rings (SSSR count). The average Bonchev–Trinajstić information content (AvgIpc) is 2.68. The summed E-state index contributed by atoms with van der Waals surface area (Å²) in [5.41, 5.74) is 1.74. The van der Waals surface area contributed by atoms with Crippen LogP contribution in [0.25, 0.3) is 0 Å². The number of ether oxygens (including phenoxy) is 3. The van der Waals surface area contributed by atoms with Gasteiger partial charge in [-0.3, -0.25) is 4.90 Å². The molecule has 1 aliphatic rings. The van der Waals surface area contributed by atoms with Gasteiger partial charge in [0.05, 0.1) is 30.4 Å². The molecular formula is C20H21ClN2O3. The van der Waals surface area contributed by atoms with Crippen LogP contribution in [-0.4, -0.2) is 44.4 Å². The lowest BCUT2D eigenvalue weighted by Crippen LogP contribution is -2.44. The first-order valence-electron chi connectivity index (χ1n) is 8.47. The van der Waals surface area contributed by atoms with Crippen molar-refractivity contribution in [2.45, 2.75) is 12.6 Å². The van der Waals surface area contributed by atoms with Crippen molar-refractivity contribution >= 4 is 11.6 Å². The molecule has 0 bridgehead atoms. The Bertz CT molecular complexity index is 791. The Labute approximate surface area is 158 Å². The molecule has 0 aliphatic carbocycles. The Morgan fingerprint density at radius 1 is 1.31 bits per heavy atom. The van der Waals surface area contributed by atoms with Crippen LogP contribution < -0.4 is 9.47 Å². The molecule has 0 unspecified atom stereocenters. The largest absolute Gasteiger partial charge is 0.495 e. The van der Waals surface area contributed by atoms with Gasteiger partial charge in [0.15, 0.2) is 0 Å². The van der Waals surface area contributed by atoms with E-state index in [9.17, 15) is 0 Å². The van der Waals surface area contributed by atoms with E-state index in [0.29, 0.717) is 35.3 Å². The Balaban J connectivity index is 1.54. The number of hydrogen-bond acceptors (Lipinski definition) is 5. The molecule has 0 N–H and O–H groups in total. The number of benzene rings is 2. The van der Waals surface area contributed by atoms with Crippen LogP contribution >= 0.6 is 11.6 Å². The van der Waals surface area contributed by atoms with Crippen LogP contribution in [0, 0.1) is 11.3 Å². The number of nitrogens with zero attached hydrogens (tertiary/aromatic N) is 2. The molecule has 0 amide bonds. The smallest absolute Gasteiger partial charge is 0.137 e. The van der Waals surface area contributed by atoms with Gasteiger partial charge in [-0.2, -0.15) is 5.26 Å². The number of morpholine rings is 1. The predicted molar refractivity (Wildman–Crippen MR) is 99.7 cm³/mol. The molecule has 5 nitrogen and oxygen atoms in total. The van der Waals surface area contributed by atoms with Crippen LogP contribution in [0.5, 0.6) is 11.5 Å². The quantitative estimate of drug-likeness (QED) is 0.776. The van der Waals surface area contributed by atoms with Gasteiger partial charge >= 0.3 is 0 Å². The fourth-order valence-corrected chi connectivity index (χ4v) is 3.12. The SMILES string of the molecule is COc1cc(CN2CCO[C@H](COc3cccc(C#N)c3)C2)ccc1Cl. The third-order valence-corrected chi connectivity index (χ3v) is 4.56. The summed E-state index contributed by atoms with van der Waals surface area (Å²) in [6, 6.07) is 15.1. The molecule has 1 aliphatic heterocycles. The molecule has 0 aromatic heterocycles. The van der Waals surface area contributed by atoms with Crippen molar-refractivity contribution < 1.29 is 14.2 Å². The zero-order valence-corrected chi connectivity index (χ0v) is 15.4. The van der Waals surface area contributed by atoms with Crippen molar-refractivity contribution in [1.82, 2.24) is 4.90 Å². The van der Waals surface area contributed by atoms with E-state index in [0.717, 1.165) is 25.2 Å². The molecule has 2 aromatic carbocycles. The molecular weight excluding hydrogens is 352 g/mol. The molecule has 0 radical (unpaired) electrons. The Hall–Kier alpha value is -2.26. The molecule has 6 heteroatoms. The summed E-state index contributed by atoms with van der Waals surface area (Å²) >= 11 is 6.09. The van der Waals surface area contributed by atoms with Gasteiger partial charge in [0.2, 0.25) is 0 Å². The van der Waals surface area contributed by atoms with Crippen molar-refractivity contribution in [3.63, 3.8) is 0 Å². The summed E-state index contributed by atoms with van der Waals surface area (Å²) in [6.07, 6.45) is -0.0105. The summed E-state index contributed by atoms with van der Waals surface area (Å²) < 4.78 is 16.9. The molecule has 1 atom stereocenters. The summed E-state index contributed by atoms with van der Waals surface area (Å²) in [5.74, 6) is 1.38. The van der Waals surface area contributed by atoms with E-state index < -0.39 is 0 Å². The van der Waals surface area contributed by atoms with Crippen molar-refractivity contribution in [2.24, 2.45) is 0 Å². The standard InChI is InChI=1S/C20H21ClN2O3/c1-24-20-10-16(5-6-19(20)21)12-23-7-8-25-18(13-23)14-26-17-4-2-3-15(9-17)11-22/h2-6,9-10,18H,7-8,12-14H2,1H3/t18-/m0/s1. The van der Waals surface area contributed by atoms with Gasteiger partial charge in [-0.05, 0) is 35.9 Å². The lowest BCUT2D eigenvalue weighted by Gasteiger charge is -2.32. The van der Waals surface area contributed by atoms with E-state index in [1.165, 1.54) is 0 Å². The maximum Gasteiger partial charge on any atom is 0.137 e. The maximum atomic E-state index is 8.95. The van der Waals surface area contributed by atoms with E-state index >= 15 is 0 Å². The second kappa shape index (κ2) is 8.91. The van der Waals surface area contributed by atoms with Gasteiger partial charge < -0.3 is 14.2 Å². The molecule has 26 heavy (non-hydrogen) atoms. The lowest BCUT2D eigenvalue weighted by molar-refractivity contribution is -0.0504. The van der Waals surface area contributed by atoms with Crippen LogP contribution in [0.3, 0.4) is 0 Å². The van der Waals surface area contributed by atoms with Gasteiger partial charge in [-0.1, -0.05) is 23.7 Å². The molecule has 1 fully saturated rings. The number of hydrogen-bond donors (Lipinski definition) is 0. The molecule has 1 heterocycles. The summed E-state index contributed by atoms with van der Waals surface area (Å²) in [5, 5.41) is 9.57. The molecule has 1 saturated heterocycles. The van der Waals surface area contributed by atoms with Crippen molar-refractivity contribution in [3.05, 3.63) is 58.6 Å². The van der Waals surface area contributed by atoms with E-state index in [4.69, 9.17) is 31.1 Å². The first-order valence-corrected chi connectivity index (χ1v) is 8.85. The number of halogens is 1. The third kappa shape index (κ3) is 4.89. The van der Waals surface area contributed by atoms with Gasteiger partial charge in [0.25, 0.3) is 0 Å². The minimum absolute atomic E-state index is 0.0105. The van der Waals surface area contributed by atoms with Crippen LogP contribution in [-0.2, 0) is 11.3 Å². The zero-order chi connectivity index (χ0) is 18.4. The summed E-state index contributed by atoms with van der Waals surface area (Å²) in [4.78, 5) is 2.33. The third-order valence-electron chi connectivity index (χ3n) is 4.24. The Morgan fingerprint density at radius 3 is 3.00 bits per heavy atom. The van der Waals surface area contributed by atoms with Crippen LogP contribution in [0.1, 0.15) is 11.1 Å². The minimum Gasteiger partial charge on any atom is -0.495 e. The second-order valence-electron chi connectivity index (χ2n) is 6.15. The van der Waals surface area contributed by atoms with E-state index in [1.807, 2.05) is 30.3 Å². The highest BCUT2D eigenvalue weighted by Gasteiger charge is 2.21. The van der Waals surface area contributed by atoms with Crippen LogP contribution in [0.15, 0.2) is 42.5 Å². The maximum absolute atomic E-state index is 8.95. The van der Waals surface area contributed by atoms with E-state index in [2.05, 4.69) is 11.0 Å². The van der Waals surface area contributed by atoms with Crippen molar-refractivity contribution in [1.29, 1.82) is 5.26 Å². The first kappa shape index (κ1) is 18.5. The zero-order valence-electron chi connectivity index (χ0n) is 14.7. The molecule has 136 valence electrons. The van der Waals surface area contributed by atoms with Gasteiger partial charge in [0.1, 0.15) is 24.2 Å². The topological polar surface area (TPSA) is 54.7 Å². The Morgan fingerprint density at radius 2 is 2.19 bits per heavy atom. The number of nitriles is 1. The van der Waals surface area contributed by atoms with E-state index in [-0.39, 0.29) is 6.10 Å². The van der Waals surface area contributed by atoms with Gasteiger partial charge in [0, 0.05) is 19.6 Å². The van der Waals surface area contributed by atoms with E-state index in [1.54, 1.807) is 19.2 Å². The fraction of sp³-hybridized carbons (Fsp3) is 0.350. The van der Waals surface area contributed by atoms with Gasteiger partial charge in [-0.15, -0.1) is 0 Å². The van der Waals surface area contributed by atoms with Crippen LogP contribution in [0.4, 0.5) is 0 Å². The fourth-order valence-electron chi connectivity index (χ4n) is 2.93. The molecule has 0 spiro atoms. The monoisotopic (exact) mass is 372 g/mol. The number of methoxy groups -OCH3 is 1. The van der Waals surface area contributed by atoms with Crippen molar-refractivity contribution in [3.8, 4) is 17.6 Å². The Kier molecular flexibility index (Phi) is 6.35. The summed E-state index contributed by atoms with van der Waals surface area (Å²) in [6.45, 7) is 3.57. The van der Waals surface area contributed by atoms with Crippen molar-refractivity contribution in [2.75, 3.05) is 33.4 Å². The molecule has 2 aromatic rings. The van der Waals surface area contributed by atoms with Crippen LogP contribution in [0.2, 0.25) is 5.02 Å². The highest BCUT2D eigenvalue weighted by atomic mass is 35.5. The molecule has 0 saturated carbocycles. The lowest BCUT2D eigenvalue weighted by atomic mass is 10.1. The normalized spacial score (nSPS) is 17.5. The second-order valence-corrected chi connectivity index (χ2v) is 6.55. The summed E-state index contributed by atoms with van der Waals surface area (Å²) in [7, 11) is 1.62. The minimum atomic E-state index is -0.0105. The predicted octanol–water partition coefficient (Wildman–Crippen LogP) is 3.50. The average molecular weight is 373 g/mol. The van der Waals surface area contributed by atoms with Gasteiger partial charge in [-0.25, -0.2) is 0 Å². The first-order chi connectivity index (χ1) is 12.7. The highest BCUT2D eigenvalue weighted by Crippen LogP contribution is 2.26. The number of rotatable bonds is 6.